The van der Waals surface area contributed by atoms with Gasteiger partial charge in [0.1, 0.15) is 0 Å². The number of nitrogens with zero attached hydrogens (tertiary/aromatic N) is 2. The highest BCUT2D eigenvalue weighted by Gasteiger charge is 2.58. The predicted octanol–water partition coefficient (Wildman–Crippen LogP) is 15.2. The van der Waals surface area contributed by atoms with Crippen molar-refractivity contribution in [2.45, 2.75) is 83.0 Å². The molecule has 0 fully saturated rings. The Labute approximate surface area is 398 Å². The second-order valence-corrected chi connectivity index (χ2v) is 23.3. The Kier molecular flexibility index (Phi) is 7.17. The normalized spacial score (nSPS) is 18.0. The lowest BCUT2D eigenvalue weighted by Crippen LogP contribution is -2.62. The van der Waals surface area contributed by atoms with Crippen molar-refractivity contribution in [3.05, 3.63) is 208 Å². The van der Waals surface area contributed by atoms with Crippen LogP contribution in [0.25, 0.3) is 43.5 Å². The van der Waals surface area contributed by atoms with Crippen LogP contribution >= 0.6 is 11.3 Å². The quantitative estimate of drug-likeness (QED) is 0.152. The monoisotopic (exact) mass is 878 g/mol. The van der Waals surface area contributed by atoms with Gasteiger partial charge in [-0.3, -0.25) is 0 Å². The molecule has 9 aromatic rings. The van der Waals surface area contributed by atoms with Crippen molar-refractivity contribution in [1.82, 2.24) is 0 Å². The molecule has 1 spiro atoms. The van der Waals surface area contributed by atoms with E-state index in [0.29, 0.717) is 0 Å². The summed E-state index contributed by atoms with van der Waals surface area (Å²) in [4.78, 5) is 5.57. The van der Waals surface area contributed by atoms with Gasteiger partial charge in [0.15, 0.2) is 0 Å². The molecule has 15 rings (SSSR count). The zero-order valence-corrected chi connectivity index (χ0v) is 40.1. The standard InChI is InChI=1S/C63H51BN2S/c1-36-33-47-48(61(4,5)32-31-60(47,2)3)34-51(36)65-52-35-49-54(39-21-10-12-24-42(39)62(49,6)7)55-41-23-18-28-46-57(41)66(64(56(52)55)59-58(65)40-22-11-17-30-53(40)67-59)50-29-16-15-27-45(50)63(46)43-25-13-8-19-37(43)38-20-9-14-26-44(38)63/h8-30,33-35H,31-32H2,1-7H3. The number of hydrogen-bond donors (Lipinski definition) is 0. The summed E-state index contributed by atoms with van der Waals surface area (Å²) in [5, 5.41) is 1.33. The van der Waals surface area contributed by atoms with Crippen molar-refractivity contribution in [1.29, 1.82) is 0 Å². The molecule has 67 heavy (non-hydrogen) atoms. The van der Waals surface area contributed by atoms with E-state index in [4.69, 9.17) is 0 Å². The first-order chi connectivity index (χ1) is 32.4. The van der Waals surface area contributed by atoms with Crippen LogP contribution in [0.5, 0.6) is 0 Å². The molecular formula is C63H51BN2S. The van der Waals surface area contributed by atoms with E-state index in [1.54, 1.807) is 0 Å². The SMILES string of the molecule is Cc1cc2c(cc1N1c3cc4c(c5c3B(c3sc6ccccc6c31)N1c3ccccc3C3(c6ccccc6-c6ccccc63)c3cccc-5c31)-c1ccccc1C4(C)C)C(C)(C)CCC2(C)C. The highest BCUT2D eigenvalue weighted by molar-refractivity contribution is 7.32. The molecular weight excluding hydrogens is 828 g/mol. The third-order valence-electron chi connectivity index (χ3n) is 17.6. The van der Waals surface area contributed by atoms with Crippen molar-refractivity contribution in [2.24, 2.45) is 0 Å². The molecule has 1 aromatic heterocycles. The fourth-order valence-electron chi connectivity index (χ4n) is 14.4. The van der Waals surface area contributed by atoms with Gasteiger partial charge in [0.25, 0.3) is 0 Å². The fourth-order valence-corrected chi connectivity index (χ4v) is 15.7. The minimum absolute atomic E-state index is 0.0620. The van der Waals surface area contributed by atoms with Crippen LogP contribution in [-0.4, -0.2) is 6.85 Å². The van der Waals surface area contributed by atoms with E-state index in [2.05, 4.69) is 216 Å². The smallest absolute Gasteiger partial charge is 0.343 e. The molecule has 0 atom stereocenters. The van der Waals surface area contributed by atoms with Crippen LogP contribution in [0.2, 0.25) is 0 Å². The van der Waals surface area contributed by atoms with Crippen LogP contribution in [0.3, 0.4) is 0 Å². The Morgan fingerprint density at radius 1 is 0.463 bits per heavy atom. The van der Waals surface area contributed by atoms with Crippen molar-refractivity contribution in [3.8, 4) is 33.4 Å². The van der Waals surface area contributed by atoms with Crippen LogP contribution in [0.1, 0.15) is 104 Å². The Hall–Kier alpha value is -6.62. The first kappa shape index (κ1) is 38.5. The fraction of sp³-hybridized carbons (Fsp3) is 0.206. The summed E-state index contributed by atoms with van der Waals surface area (Å²) in [7, 11) is 0. The molecule has 0 unspecified atom stereocenters. The maximum atomic E-state index is 2.82. The minimum Gasteiger partial charge on any atom is -0.375 e. The molecule has 0 amide bonds. The summed E-state index contributed by atoms with van der Waals surface area (Å²) in [5.74, 6) is 0. The molecule has 3 aliphatic carbocycles. The summed E-state index contributed by atoms with van der Waals surface area (Å²) < 4.78 is 2.75. The van der Waals surface area contributed by atoms with Crippen LogP contribution in [0.4, 0.5) is 28.4 Å². The Morgan fingerprint density at radius 3 is 1.76 bits per heavy atom. The van der Waals surface area contributed by atoms with Gasteiger partial charge in [-0.15, -0.1) is 11.3 Å². The first-order valence-electron chi connectivity index (χ1n) is 24.4. The van der Waals surface area contributed by atoms with Crippen molar-refractivity contribution >= 4 is 66.9 Å². The third-order valence-corrected chi connectivity index (χ3v) is 18.8. The number of rotatable bonds is 1. The van der Waals surface area contributed by atoms with E-state index >= 15 is 0 Å². The largest absolute Gasteiger partial charge is 0.375 e. The number of hydrogen-bond acceptors (Lipinski definition) is 3. The molecule has 2 nitrogen and oxygen atoms in total. The third kappa shape index (κ3) is 4.46. The molecule has 4 heteroatoms. The van der Waals surface area contributed by atoms with E-state index < -0.39 is 5.41 Å². The lowest BCUT2D eigenvalue weighted by molar-refractivity contribution is 0.332. The maximum Gasteiger partial charge on any atom is 0.343 e. The summed E-state index contributed by atoms with van der Waals surface area (Å²) in [6, 6.07) is 61.7. The lowest BCUT2D eigenvalue weighted by Gasteiger charge is -2.52. The topological polar surface area (TPSA) is 6.48 Å². The average Bonchev–Trinajstić information content (AvgIpc) is 3.94. The summed E-state index contributed by atoms with van der Waals surface area (Å²) in [6.45, 7) is 17.1. The van der Waals surface area contributed by atoms with Crippen LogP contribution in [0.15, 0.2) is 158 Å². The van der Waals surface area contributed by atoms with Crippen molar-refractivity contribution in [2.75, 3.05) is 9.71 Å². The molecule has 0 saturated carbocycles. The van der Waals surface area contributed by atoms with Gasteiger partial charge in [0.2, 0.25) is 0 Å². The second kappa shape index (κ2) is 12.5. The summed E-state index contributed by atoms with van der Waals surface area (Å²) >= 11 is 2.01. The molecule has 0 N–H and O–H groups in total. The molecule has 0 radical (unpaired) electrons. The number of benzene rings is 8. The van der Waals surface area contributed by atoms with Gasteiger partial charge in [0, 0.05) is 48.6 Å². The molecule has 322 valence electrons. The van der Waals surface area contributed by atoms with E-state index in [1.165, 1.54) is 145 Å². The number of fused-ring (bicyclic) bond motifs is 20. The highest BCUT2D eigenvalue weighted by Crippen LogP contribution is 2.67. The Balaban J connectivity index is 1.14. The molecule has 6 aliphatic rings. The lowest BCUT2D eigenvalue weighted by atomic mass is 9.44. The van der Waals surface area contributed by atoms with E-state index in [-0.39, 0.29) is 23.1 Å². The molecule has 0 bridgehead atoms. The number of anilines is 5. The van der Waals surface area contributed by atoms with Gasteiger partial charge in [-0.25, -0.2) is 0 Å². The predicted molar refractivity (Wildman–Crippen MR) is 284 cm³/mol. The first-order valence-corrected chi connectivity index (χ1v) is 25.2. The van der Waals surface area contributed by atoms with Gasteiger partial charge < -0.3 is 9.71 Å². The van der Waals surface area contributed by atoms with Gasteiger partial charge in [-0.2, -0.15) is 0 Å². The van der Waals surface area contributed by atoms with Crippen molar-refractivity contribution in [3.63, 3.8) is 0 Å². The molecule has 8 aromatic carbocycles. The number of thiophene rings is 1. The number of para-hydroxylation sites is 2. The Morgan fingerprint density at radius 2 is 1.03 bits per heavy atom. The molecule has 0 saturated heterocycles. The highest BCUT2D eigenvalue weighted by atomic mass is 32.1. The zero-order chi connectivity index (χ0) is 45.1. The van der Waals surface area contributed by atoms with Gasteiger partial charge >= 0.3 is 6.85 Å². The van der Waals surface area contributed by atoms with Crippen molar-refractivity contribution < 1.29 is 0 Å². The van der Waals surface area contributed by atoms with Crippen LogP contribution < -0.4 is 20.0 Å². The van der Waals surface area contributed by atoms with Gasteiger partial charge in [-0.1, -0.05) is 175 Å². The van der Waals surface area contributed by atoms with Crippen LogP contribution in [-0.2, 0) is 21.7 Å². The van der Waals surface area contributed by atoms with E-state index in [9.17, 15) is 0 Å². The average molecular weight is 879 g/mol. The molecule has 4 heterocycles. The number of aryl methyl sites for hydroxylation is 1. The molecule has 3 aliphatic heterocycles. The zero-order valence-electron chi connectivity index (χ0n) is 39.3. The maximum absolute atomic E-state index is 2.82. The van der Waals surface area contributed by atoms with Gasteiger partial charge in [-0.05, 0) is 138 Å². The van der Waals surface area contributed by atoms with E-state index in [0.717, 1.165) is 0 Å². The van der Waals surface area contributed by atoms with Crippen LogP contribution in [0, 0.1) is 6.92 Å². The van der Waals surface area contributed by atoms with Gasteiger partial charge in [0.05, 0.1) is 11.1 Å². The van der Waals surface area contributed by atoms with E-state index in [1.807, 2.05) is 11.3 Å². The summed E-state index contributed by atoms with van der Waals surface area (Å²) in [6.07, 6.45) is 2.37. The summed E-state index contributed by atoms with van der Waals surface area (Å²) in [5.41, 5.74) is 28.3. The second-order valence-electron chi connectivity index (χ2n) is 22.2. The Bertz CT molecular complexity index is 3690. The minimum atomic E-state index is -0.494.